The van der Waals surface area contributed by atoms with Crippen LogP contribution in [0.1, 0.15) is 12.8 Å². The second kappa shape index (κ2) is 48.7. The van der Waals surface area contributed by atoms with Gasteiger partial charge in [0.1, 0.15) is 19.6 Å². The molecule has 0 spiro atoms. The number of likely N-dealkylation sites (N-methyl/N-ethyl adjacent to an activating group) is 2. The maximum Gasteiger partial charge on any atom is 0.229 e. The SMILES string of the molecule is CNCCNCCNCCNC(=O)CC(=O)NCCNCCNCCNCC(O)COCOCC(O)CNCCNCCNCCNC(=O)CC(=O)NCCNCCNCCNC. The third kappa shape index (κ3) is 48.5. The molecule has 0 aromatic heterocycles. The molecule has 0 radical (unpaired) electrons. The highest BCUT2D eigenvalue weighted by Crippen LogP contribution is 1.89. The molecule has 0 saturated carbocycles. The van der Waals surface area contributed by atoms with E-state index in [0.717, 1.165) is 91.6 Å². The maximum absolute atomic E-state index is 11.9. The molecule has 4 amide bonds. The summed E-state index contributed by atoms with van der Waals surface area (Å²) in [5.41, 5.74) is 0. The summed E-state index contributed by atoms with van der Waals surface area (Å²) < 4.78 is 10.7. The van der Waals surface area contributed by atoms with E-state index in [1.165, 1.54) is 0 Å². The van der Waals surface area contributed by atoms with Crippen molar-refractivity contribution < 1.29 is 38.9 Å². The first kappa shape index (κ1) is 60.2. The van der Waals surface area contributed by atoms with Crippen molar-refractivity contribution in [2.24, 2.45) is 0 Å². The van der Waals surface area contributed by atoms with Crippen LogP contribution >= 0.6 is 0 Å². The third-order valence-corrected chi connectivity index (χ3v) is 8.66. The summed E-state index contributed by atoms with van der Waals surface area (Å²) in [5.74, 6) is -1.18. The Hall–Kier alpha value is -2.76. The van der Waals surface area contributed by atoms with Gasteiger partial charge in [0.2, 0.25) is 23.6 Å². The Morgan fingerprint density at radius 3 is 0.825 bits per heavy atom. The van der Waals surface area contributed by atoms with E-state index >= 15 is 0 Å². The van der Waals surface area contributed by atoms with Crippen LogP contribution in [-0.4, -0.2) is 250 Å². The molecule has 24 heteroatoms. The average molecular weight is 909 g/mol. The molecule has 0 rings (SSSR count). The number of ether oxygens (including phenoxy) is 2. The summed E-state index contributed by atoms with van der Waals surface area (Å²) in [6.45, 7) is 17.9. The Balaban J connectivity index is 3.42. The van der Waals surface area contributed by atoms with E-state index < -0.39 is 12.2 Å². The lowest BCUT2D eigenvalue weighted by molar-refractivity contribution is -0.130. The van der Waals surface area contributed by atoms with Crippen molar-refractivity contribution in [3.05, 3.63) is 0 Å². The minimum absolute atomic E-state index is 0.0297. The number of hydrogen-bond donors (Lipinski definition) is 18. The van der Waals surface area contributed by atoms with E-state index in [1.807, 2.05) is 14.1 Å². The highest BCUT2D eigenvalue weighted by molar-refractivity contribution is 5.97. The molecule has 0 aliphatic rings. The summed E-state index contributed by atoms with van der Waals surface area (Å²) in [7, 11) is 3.82. The van der Waals surface area contributed by atoms with Crippen molar-refractivity contribution in [3.63, 3.8) is 0 Å². The Labute approximate surface area is 376 Å². The van der Waals surface area contributed by atoms with Gasteiger partial charge in [0, 0.05) is 170 Å². The molecule has 0 saturated heterocycles. The third-order valence-electron chi connectivity index (χ3n) is 8.66. The lowest BCUT2D eigenvalue weighted by Crippen LogP contribution is -2.39. The number of rotatable bonds is 50. The van der Waals surface area contributed by atoms with Gasteiger partial charge in [-0.15, -0.1) is 0 Å². The van der Waals surface area contributed by atoms with Gasteiger partial charge in [-0.25, -0.2) is 0 Å². The molecule has 0 aliphatic carbocycles. The number of aliphatic hydroxyl groups excluding tert-OH is 2. The highest BCUT2D eigenvalue weighted by atomic mass is 16.7. The van der Waals surface area contributed by atoms with Crippen LogP contribution in [0.5, 0.6) is 0 Å². The van der Waals surface area contributed by atoms with Crippen LogP contribution in [-0.2, 0) is 28.7 Å². The van der Waals surface area contributed by atoms with E-state index in [9.17, 15) is 29.4 Å². The lowest BCUT2D eigenvalue weighted by Gasteiger charge is -2.15. The zero-order valence-electron chi connectivity index (χ0n) is 38.4. The molecular formula is C39H88N16O8. The molecule has 0 aromatic rings. The van der Waals surface area contributed by atoms with E-state index in [-0.39, 0.29) is 56.5 Å². The van der Waals surface area contributed by atoms with E-state index in [0.29, 0.717) is 78.5 Å². The summed E-state index contributed by atoms with van der Waals surface area (Å²) in [5, 5.41) is 69.6. The van der Waals surface area contributed by atoms with Gasteiger partial charge >= 0.3 is 0 Å². The monoisotopic (exact) mass is 909 g/mol. The fraction of sp³-hybridized carbons (Fsp3) is 0.897. The molecule has 0 aliphatic heterocycles. The van der Waals surface area contributed by atoms with Crippen molar-refractivity contribution >= 4 is 23.6 Å². The zero-order valence-corrected chi connectivity index (χ0v) is 38.4. The molecule has 63 heavy (non-hydrogen) atoms. The van der Waals surface area contributed by atoms with Gasteiger partial charge in [0.25, 0.3) is 0 Å². The lowest BCUT2D eigenvalue weighted by atomic mass is 10.3. The summed E-state index contributed by atoms with van der Waals surface area (Å²) in [4.78, 5) is 47.7. The number of amides is 4. The second-order valence-corrected chi connectivity index (χ2v) is 14.5. The van der Waals surface area contributed by atoms with Crippen molar-refractivity contribution in [1.82, 2.24) is 85.1 Å². The minimum atomic E-state index is -0.691. The van der Waals surface area contributed by atoms with Gasteiger partial charge < -0.3 is 105 Å². The van der Waals surface area contributed by atoms with Crippen LogP contribution in [0.4, 0.5) is 0 Å². The van der Waals surface area contributed by atoms with Crippen molar-refractivity contribution in [1.29, 1.82) is 0 Å². The summed E-state index contributed by atoms with van der Waals surface area (Å²) in [6, 6.07) is 0. The van der Waals surface area contributed by atoms with Crippen LogP contribution in [0, 0.1) is 0 Å². The fourth-order valence-electron chi connectivity index (χ4n) is 5.27. The molecule has 0 bridgehead atoms. The second-order valence-electron chi connectivity index (χ2n) is 14.5. The predicted octanol–water partition coefficient (Wildman–Crippen LogP) is -8.72. The summed E-state index contributed by atoms with van der Waals surface area (Å²) >= 11 is 0. The van der Waals surface area contributed by atoms with Crippen molar-refractivity contribution in [2.45, 2.75) is 25.0 Å². The number of carbonyl (C=O) groups is 4. The number of aliphatic hydroxyl groups is 2. The molecule has 24 nitrogen and oxygen atoms in total. The number of hydrogen-bond acceptors (Lipinski definition) is 20. The Morgan fingerprint density at radius 1 is 0.349 bits per heavy atom. The van der Waals surface area contributed by atoms with E-state index in [1.54, 1.807) is 0 Å². The van der Waals surface area contributed by atoms with Gasteiger partial charge in [-0.3, -0.25) is 19.2 Å². The van der Waals surface area contributed by atoms with Gasteiger partial charge in [-0.05, 0) is 14.1 Å². The largest absolute Gasteiger partial charge is 0.389 e. The van der Waals surface area contributed by atoms with Crippen LogP contribution in [0.25, 0.3) is 0 Å². The van der Waals surface area contributed by atoms with Crippen LogP contribution in [0.3, 0.4) is 0 Å². The highest BCUT2D eigenvalue weighted by Gasteiger charge is 2.10. The molecule has 18 N–H and O–H groups in total. The smallest absolute Gasteiger partial charge is 0.229 e. The molecule has 2 unspecified atom stereocenters. The van der Waals surface area contributed by atoms with E-state index in [4.69, 9.17) is 9.47 Å². The predicted molar refractivity (Wildman–Crippen MR) is 247 cm³/mol. The van der Waals surface area contributed by atoms with Gasteiger partial charge in [0.05, 0.1) is 25.4 Å². The molecule has 0 aromatic carbocycles. The zero-order chi connectivity index (χ0) is 46.1. The Kier molecular flexibility index (Phi) is 46.6. The molecule has 2 atom stereocenters. The Morgan fingerprint density at radius 2 is 0.571 bits per heavy atom. The molecule has 372 valence electrons. The molecule has 0 heterocycles. The Bertz CT molecular complexity index is 984. The first-order valence-corrected chi connectivity index (χ1v) is 22.7. The average Bonchev–Trinajstić information content (AvgIpc) is 3.26. The van der Waals surface area contributed by atoms with Crippen LogP contribution < -0.4 is 85.1 Å². The number of carbonyl (C=O) groups excluding carboxylic acids is 4. The standard InChI is InChI=1S/C39H88N16O8/c1-40-3-5-42-7-11-46-19-23-52-36(58)27-38(60)54-25-21-48-13-9-44-15-17-50-29-34(56)31-62-33-63-32-35(57)30-51-18-16-45-10-14-49-22-26-55-39(61)28-37(59)53-24-20-47-12-8-43-6-4-41-2/h34-35,40-51,56-57H,3-33H2,1-2H3,(H,52,58)(H,53,59)(H,54,60)(H,55,61). The minimum Gasteiger partial charge on any atom is -0.389 e. The first-order chi connectivity index (χ1) is 30.8. The maximum atomic E-state index is 11.9. The van der Waals surface area contributed by atoms with Gasteiger partial charge in [-0.2, -0.15) is 0 Å². The van der Waals surface area contributed by atoms with Crippen molar-refractivity contribution in [2.75, 3.05) is 204 Å². The van der Waals surface area contributed by atoms with E-state index in [2.05, 4.69) is 85.1 Å². The normalized spacial score (nSPS) is 12.3. The van der Waals surface area contributed by atoms with Crippen LogP contribution in [0.15, 0.2) is 0 Å². The molecular weight excluding hydrogens is 821 g/mol. The summed E-state index contributed by atoms with van der Waals surface area (Å²) in [6.07, 6.45) is -1.75. The van der Waals surface area contributed by atoms with Gasteiger partial charge in [0.15, 0.2) is 0 Å². The fourth-order valence-corrected chi connectivity index (χ4v) is 5.27. The van der Waals surface area contributed by atoms with Crippen molar-refractivity contribution in [3.8, 4) is 0 Å². The van der Waals surface area contributed by atoms with Crippen LogP contribution in [0.2, 0.25) is 0 Å². The first-order valence-electron chi connectivity index (χ1n) is 22.7. The molecule has 0 fully saturated rings. The quantitative estimate of drug-likeness (QED) is 0.0153. The number of nitrogens with one attached hydrogen (secondary N) is 16. The van der Waals surface area contributed by atoms with Gasteiger partial charge in [-0.1, -0.05) is 0 Å². The topological polar surface area (TPSA) is 320 Å².